The van der Waals surface area contributed by atoms with Crippen molar-refractivity contribution in [3.05, 3.63) is 18.0 Å². The Kier molecular flexibility index (Phi) is 5.13. The Morgan fingerprint density at radius 3 is 2.86 bits per heavy atom. The molecule has 4 amide bonds. The number of amides is 4. The smallest absolute Gasteiger partial charge is 0.324 e. The summed E-state index contributed by atoms with van der Waals surface area (Å²) in [6, 6.07) is 0.713. The molecule has 120 valence electrons. The topological polar surface area (TPSA) is 96.3 Å². The van der Waals surface area contributed by atoms with E-state index in [9.17, 15) is 14.4 Å². The van der Waals surface area contributed by atoms with Crippen molar-refractivity contribution in [1.82, 2.24) is 25.3 Å². The number of hydrogen-bond acceptors (Lipinski definition) is 4. The molecule has 1 atom stereocenters. The van der Waals surface area contributed by atoms with E-state index in [0.29, 0.717) is 25.9 Å². The molecule has 0 aromatic carbocycles. The Balaban J connectivity index is 1.76. The molecule has 8 nitrogen and oxygen atoms in total. The Bertz CT molecular complexity index is 569. The lowest BCUT2D eigenvalue weighted by molar-refractivity contribution is -0.130. The van der Waals surface area contributed by atoms with Crippen LogP contribution >= 0.6 is 0 Å². The van der Waals surface area contributed by atoms with Gasteiger partial charge >= 0.3 is 6.03 Å². The summed E-state index contributed by atoms with van der Waals surface area (Å²) >= 11 is 0. The number of aromatic nitrogens is 2. The van der Waals surface area contributed by atoms with E-state index in [1.165, 1.54) is 0 Å². The first-order valence-electron chi connectivity index (χ1n) is 7.38. The maximum atomic E-state index is 12.0. The molecule has 1 unspecified atom stereocenters. The lowest BCUT2D eigenvalue weighted by Crippen LogP contribution is -2.37. The van der Waals surface area contributed by atoms with Crippen LogP contribution in [0.4, 0.5) is 4.79 Å². The van der Waals surface area contributed by atoms with Crippen LogP contribution in [0.1, 0.15) is 25.5 Å². The van der Waals surface area contributed by atoms with Gasteiger partial charge in [-0.2, -0.15) is 5.10 Å². The first kappa shape index (κ1) is 16.0. The molecule has 1 saturated heterocycles. The van der Waals surface area contributed by atoms with Crippen molar-refractivity contribution < 1.29 is 14.4 Å². The lowest BCUT2D eigenvalue weighted by atomic mass is 10.2. The van der Waals surface area contributed by atoms with Gasteiger partial charge in [-0.3, -0.25) is 19.2 Å². The van der Waals surface area contributed by atoms with Gasteiger partial charge in [0.15, 0.2) is 0 Å². The van der Waals surface area contributed by atoms with Gasteiger partial charge in [0.2, 0.25) is 5.91 Å². The molecule has 1 aliphatic rings. The number of carbonyl (C=O) groups is 3. The van der Waals surface area contributed by atoms with Gasteiger partial charge in [-0.15, -0.1) is 0 Å². The number of nitrogens with one attached hydrogen (secondary N) is 2. The number of aryl methyl sites for hydroxylation is 1. The third kappa shape index (κ3) is 3.63. The number of urea groups is 1. The predicted octanol–water partition coefficient (Wildman–Crippen LogP) is -0.201. The molecule has 22 heavy (non-hydrogen) atoms. The minimum absolute atomic E-state index is 0.0316. The quantitative estimate of drug-likeness (QED) is 0.682. The highest BCUT2D eigenvalue weighted by Gasteiger charge is 2.38. The monoisotopic (exact) mass is 307 g/mol. The zero-order chi connectivity index (χ0) is 16.1. The van der Waals surface area contributed by atoms with Gasteiger partial charge in [0.25, 0.3) is 5.91 Å². The van der Waals surface area contributed by atoms with Crippen molar-refractivity contribution in [3.63, 3.8) is 0 Å². The fourth-order valence-electron chi connectivity index (χ4n) is 2.38. The van der Waals surface area contributed by atoms with Gasteiger partial charge in [0.05, 0.1) is 6.42 Å². The Hall–Kier alpha value is -2.38. The minimum Gasteiger partial charge on any atom is -0.356 e. The molecule has 0 radical (unpaired) electrons. The Morgan fingerprint density at radius 1 is 1.45 bits per heavy atom. The number of imide groups is 1. The molecule has 2 heterocycles. The average Bonchev–Trinajstić information content (AvgIpc) is 2.98. The summed E-state index contributed by atoms with van der Waals surface area (Å²) in [6.07, 6.45) is 3.03. The normalized spacial score (nSPS) is 17.7. The molecule has 0 aliphatic carbocycles. The fraction of sp³-hybridized carbons (Fsp3) is 0.571. The van der Waals surface area contributed by atoms with Crippen LogP contribution in [-0.2, 0) is 23.1 Å². The second kappa shape index (κ2) is 7.06. The van der Waals surface area contributed by atoms with Crippen molar-refractivity contribution >= 4 is 17.8 Å². The van der Waals surface area contributed by atoms with Crippen molar-refractivity contribution in [2.24, 2.45) is 7.05 Å². The molecule has 1 fully saturated rings. The highest BCUT2D eigenvalue weighted by molar-refractivity contribution is 6.05. The van der Waals surface area contributed by atoms with Gasteiger partial charge < -0.3 is 10.6 Å². The van der Waals surface area contributed by atoms with Gasteiger partial charge in [-0.05, 0) is 12.5 Å². The van der Waals surface area contributed by atoms with Gasteiger partial charge in [-0.25, -0.2) is 4.79 Å². The second-order valence-corrected chi connectivity index (χ2v) is 5.24. The highest BCUT2D eigenvalue weighted by atomic mass is 16.2. The van der Waals surface area contributed by atoms with Crippen LogP contribution in [0.5, 0.6) is 0 Å². The van der Waals surface area contributed by atoms with Gasteiger partial charge in [0.1, 0.15) is 6.04 Å². The first-order valence-corrected chi connectivity index (χ1v) is 7.38. The van der Waals surface area contributed by atoms with Crippen LogP contribution in [-0.4, -0.2) is 51.7 Å². The number of carbonyl (C=O) groups excluding carboxylic acids is 3. The van der Waals surface area contributed by atoms with E-state index in [4.69, 9.17) is 0 Å². The predicted molar refractivity (Wildman–Crippen MR) is 78.9 cm³/mol. The molecule has 2 rings (SSSR count). The molecule has 8 heteroatoms. The standard InChI is InChI=1S/C14H21N5O3/c1-3-8-19-13(21)11(17-14(19)22)9-12(20)15-6-4-10-5-7-16-18(10)2/h5,7,11H,3-4,6,8-9H2,1-2H3,(H,15,20)(H,17,22). The summed E-state index contributed by atoms with van der Waals surface area (Å²) in [5.41, 5.74) is 1.01. The average molecular weight is 307 g/mol. The van der Waals surface area contributed by atoms with E-state index in [1.807, 2.05) is 20.0 Å². The third-order valence-corrected chi connectivity index (χ3v) is 3.57. The highest BCUT2D eigenvalue weighted by Crippen LogP contribution is 2.10. The molecule has 1 aliphatic heterocycles. The van der Waals surface area contributed by atoms with E-state index < -0.39 is 12.1 Å². The summed E-state index contributed by atoms with van der Waals surface area (Å²) in [4.78, 5) is 36.7. The lowest BCUT2D eigenvalue weighted by Gasteiger charge is -2.11. The zero-order valence-corrected chi connectivity index (χ0v) is 12.8. The van der Waals surface area contributed by atoms with E-state index in [2.05, 4.69) is 15.7 Å². The van der Waals surface area contributed by atoms with Crippen LogP contribution in [0.3, 0.4) is 0 Å². The number of nitrogens with zero attached hydrogens (tertiary/aromatic N) is 3. The maximum absolute atomic E-state index is 12.0. The van der Waals surface area contributed by atoms with Crippen molar-refractivity contribution in [1.29, 1.82) is 0 Å². The van der Waals surface area contributed by atoms with E-state index in [-0.39, 0.29) is 18.2 Å². The Labute approximate surface area is 128 Å². The summed E-state index contributed by atoms with van der Waals surface area (Å²) < 4.78 is 1.75. The number of rotatable bonds is 7. The summed E-state index contributed by atoms with van der Waals surface area (Å²) in [7, 11) is 1.84. The minimum atomic E-state index is -0.754. The van der Waals surface area contributed by atoms with E-state index in [1.54, 1.807) is 10.9 Å². The van der Waals surface area contributed by atoms with Crippen LogP contribution in [0, 0.1) is 0 Å². The summed E-state index contributed by atoms with van der Waals surface area (Å²) in [5.74, 6) is -0.576. The van der Waals surface area contributed by atoms with Crippen LogP contribution in [0.2, 0.25) is 0 Å². The van der Waals surface area contributed by atoms with Crippen LogP contribution in [0.15, 0.2) is 12.3 Å². The van der Waals surface area contributed by atoms with E-state index >= 15 is 0 Å². The SMILES string of the molecule is CCCN1C(=O)NC(CC(=O)NCCc2ccnn2C)C1=O. The first-order chi connectivity index (χ1) is 10.5. The third-order valence-electron chi connectivity index (χ3n) is 3.57. The number of hydrogen-bond donors (Lipinski definition) is 2. The van der Waals surface area contributed by atoms with Crippen molar-refractivity contribution in [2.45, 2.75) is 32.2 Å². The molecule has 0 spiro atoms. The summed E-state index contributed by atoms with van der Waals surface area (Å²) in [5, 5.41) is 9.35. The van der Waals surface area contributed by atoms with Crippen molar-refractivity contribution in [3.8, 4) is 0 Å². The van der Waals surface area contributed by atoms with Crippen LogP contribution in [0.25, 0.3) is 0 Å². The van der Waals surface area contributed by atoms with Crippen LogP contribution < -0.4 is 10.6 Å². The molecule has 0 saturated carbocycles. The molecule has 1 aromatic rings. The second-order valence-electron chi connectivity index (χ2n) is 5.24. The van der Waals surface area contributed by atoms with Gasteiger partial charge in [0, 0.05) is 38.4 Å². The molecular formula is C14H21N5O3. The fourth-order valence-corrected chi connectivity index (χ4v) is 2.38. The molecular weight excluding hydrogens is 286 g/mol. The molecule has 1 aromatic heterocycles. The Morgan fingerprint density at radius 2 is 2.23 bits per heavy atom. The molecule has 2 N–H and O–H groups in total. The zero-order valence-electron chi connectivity index (χ0n) is 12.8. The largest absolute Gasteiger partial charge is 0.356 e. The van der Waals surface area contributed by atoms with E-state index in [0.717, 1.165) is 10.6 Å². The van der Waals surface area contributed by atoms with Crippen molar-refractivity contribution in [2.75, 3.05) is 13.1 Å². The summed E-state index contributed by atoms with van der Waals surface area (Å²) in [6.45, 7) is 2.73. The maximum Gasteiger partial charge on any atom is 0.324 e. The van der Waals surface area contributed by atoms with Gasteiger partial charge in [-0.1, -0.05) is 6.92 Å². The molecule has 0 bridgehead atoms.